The normalized spacial score (nSPS) is 12.8. The lowest BCUT2D eigenvalue weighted by atomic mass is 10.1. The maximum Gasteiger partial charge on any atom is 0.0587 e. The molecule has 72 valence electrons. The van der Waals surface area contributed by atoms with Crippen LogP contribution in [0.15, 0.2) is 18.6 Å². The van der Waals surface area contributed by atoms with Crippen molar-refractivity contribution in [1.29, 1.82) is 0 Å². The minimum absolute atomic E-state index is 0.188. The van der Waals surface area contributed by atoms with Crippen LogP contribution in [0.25, 0.3) is 0 Å². The molecule has 0 aromatic carbocycles. The molecule has 1 aromatic heterocycles. The Morgan fingerprint density at radius 2 is 2.23 bits per heavy atom. The molecule has 0 fully saturated rings. The molecular formula is C10H16N2O. The van der Waals surface area contributed by atoms with Gasteiger partial charge in [-0.2, -0.15) is 0 Å². The molecule has 0 spiro atoms. The van der Waals surface area contributed by atoms with Crippen molar-refractivity contribution in [2.45, 2.75) is 38.7 Å². The summed E-state index contributed by atoms with van der Waals surface area (Å²) in [6.07, 6.45) is 8.40. The molecule has 1 heterocycles. The molecule has 1 aromatic rings. The van der Waals surface area contributed by atoms with E-state index in [2.05, 4.69) is 16.9 Å². The molecule has 3 heteroatoms. The van der Waals surface area contributed by atoms with E-state index >= 15 is 0 Å². The van der Waals surface area contributed by atoms with Crippen molar-refractivity contribution in [2.24, 2.45) is 0 Å². The predicted octanol–water partition coefficient (Wildman–Crippen LogP) is 1.57. The van der Waals surface area contributed by atoms with Crippen LogP contribution in [0.4, 0.5) is 0 Å². The van der Waals surface area contributed by atoms with E-state index in [4.69, 9.17) is 0 Å². The molecule has 0 saturated carbocycles. The summed E-state index contributed by atoms with van der Waals surface area (Å²) in [6, 6.07) is 0. The molecule has 1 N–H and O–H groups in total. The predicted molar refractivity (Wildman–Crippen MR) is 51.3 cm³/mol. The molecule has 1 unspecified atom stereocenters. The molecule has 1 atom stereocenters. The van der Waals surface area contributed by atoms with Gasteiger partial charge in [-0.1, -0.05) is 13.3 Å². The Bertz CT molecular complexity index is 226. The van der Waals surface area contributed by atoms with Crippen molar-refractivity contribution < 1.29 is 5.11 Å². The second-order valence-corrected chi connectivity index (χ2v) is 3.18. The second kappa shape index (κ2) is 5.65. The van der Waals surface area contributed by atoms with Gasteiger partial charge in [0.05, 0.1) is 11.8 Å². The van der Waals surface area contributed by atoms with Crippen LogP contribution >= 0.6 is 0 Å². The quantitative estimate of drug-likeness (QED) is 0.748. The SMILES string of the molecule is CCCC(O)CCc1cnccn1. The average Bonchev–Trinajstić information content (AvgIpc) is 2.17. The third-order valence-corrected chi connectivity index (χ3v) is 1.97. The summed E-state index contributed by atoms with van der Waals surface area (Å²) in [4.78, 5) is 8.10. The summed E-state index contributed by atoms with van der Waals surface area (Å²) in [5, 5.41) is 9.46. The molecule has 0 saturated heterocycles. The largest absolute Gasteiger partial charge is 0.393 e. The first-order valence-electron chi connectivity index (χ1n) is 4.76. The maximum absolute atomic E-state index is 9.46. The molecular weight excluding hydrogens is 164 g/mol. The summed E-state index contributed by atoms with van der Waals surface area (Å²) in [5.74, 6) is 0. The summed E-state index contributed by atoms with van der Waals surface area (Å²) in [5.41, 5.74) is 0.956. The van der Waals surface area contributed by atoms with Crippen LogP contribution in [-0.2, 0) is 6.42 Å². The molecule has 0 radical (unpaired) electrons. The molecule has 0 aliphatic rings. The van der Waals surface area contributed by atoms with Crippen molar-refractivity contribution in [2.75, 3.05) is 0 Å². The Hall–Kier alpha value is -0.960. The lowest BCUT2D eigenvalue weighted by molar-refractivity contribution is 0.153. The van der Waals surface area contributed by atoms with Gasteiger partial charge in [0, 0.05) is 18.6 Å². The summed E-state index contributed by atoms with van der Waals surface area (Å²) < 4.78 is 0. The Morgan fingerprint density at radius 1 is 1.38 bits per heavy atom. The minimum Gasteiger partial charge on any atom is -0.393 e. The highest BCUT2D eigenvalue weighted by Crippen LogP contribution is 2.05. The molecule has 0 aliphatic heterocycles. The van der Waals surface area contributed by atoms with E-state index in [9.17, 15) is 5.11 Å². The number of aliphatic hydroxyl groups is 1. The van der Waals surface area contributed by atoms with Crippen molar-refractivity contribution in [3.05, 3.63) is 24.3 Å². The number of hydrogen-bond donors (Lipinski definition) is 1. The maximum atomic E-state index is 9.46. The van der Waals surface area contributed by atoms with Crippen molar-refractivity contribution in [3.63, 3.8) is 0 Å². The minimum atomic E-state index is -0.188. The summed E-state index contributed by atoms with van der Waals surface area (Å²) in [6.45, 7) is 2.07. The van der Waals surface area contributed by atoms with E-state index < -0.39 is 0 Å². The van der Waals surface area contributed by atoms with Crippen LogP contribution in [0.2, 0.25) is 0 Å². The Morgan fingerprint density at radius 3 is 2.85 bits per heavy atom. The van der Waals surface area contributed by atoms with Gasteiger partial charge >= 0.3 is 0 Å². The van der Waals surface area contributed by atoms with Gasteiger partial charge in [-0.05, 0) is 19.3 Å². The zero-order valence-electron chi connectivity index (χ0n) is 7.98. The molecule has 0 aliphatic carbocycles. The van der Waals surface area contributed by atoms with Crippen molar-refractivity contribution >= 4 is 0 Å². The first-order valence-corrected chi connectivity index (χ1v) is 4.76. The van der Waals surface area contributed by atoms with Crippen LogP contribution in [-0.4, -0.2) is 21.2 Å². The van der Waals surface area contributed by atoms with Crippen LogP contribution in [0.5, 0.6) is 0 Å². The highest BCUT2D eigenvalue weighted by Gasteiger charge is 2.03. The number of aromatic nitrogens is 2. The fourth-order valence-electron chi connectivity index (χ4n) is 1.25. The number of rotatable bonds is 5. The lowest BCUT2D eigenvalue weighted by Crippen LogP contribution is -2.07. The van der Waals surface area contributed by atoms with Gasteiger partial charge in [0.2, 0.25) is 0 Å². The molecule has 1 rings (SSSR count). The third kappa shape index (κ3) is 3.99. The topological polar surface area (TPSA) is 46.0 Å². The smallest absolute Gasteiger partial charge is 0.0587 e. The van der Waals surface area contributed by atoms with Gasteiger partial charge in [0.25, 0.3) is 0 Å². The van der Waals surface area contributed by atoms with E-state index in [-0.39, 0.29) is 6.10 Å². The van der Waals surface area contributed by atoms with Gasteiger partial charge in [0.1, 0.15) is 0 Å². The standard InChI is InChI=1S/C10H16N2O/c1-2-3-10(13)5-4-9-8-11-6-7-12-9/h6-8,10,13H,2-5H2,1H3. The Balaban J connectivity index is 2.27. The number of aryl methyl sites for hydroxylation is 1. The number of nitrogens with zero attached hydrogens (tertiary/aromatic N) is 2. The highest BCUT2D eigenvalue weighted by molar-refractivity contribution is 4.94. The fraction of sp³-hybridized carbons (Fsp3) is 0.600. The molecule has 0 amide bonds. The van der Waals surface area contributed by atoms with Crippen LogP contribution < -0.4 is 0 Å². The number of aliphatic hydroxyl groups excluding tert-OH is 1. The van der Waals surface area contributed by atoms with Gasteiger partial charge in [-0.25, -0.2) is 0 Å². The first-order chi connectivity index (χ1) is 6.33. The van der Waals surface area contributed by atoms with E-state index in [0.29, 0.717) is 0 Å². The monoisotopic (exact) mass is 180 g/mol. The Kier molecular flexibility index (Phi) is 4.40. The van der Waals surface area contributed by atoms with Crippen LogP contribution in [0.1, 0.15) is 31.9 Å². The van der Waals surface area contributed by atoms with E-state index in [1.807, 2.05) is 0 Å². The van der Waals surface area contributed by atoms with Gasteiger partial charge < -0.3 is 5.11 Å². The molecule has 0 bridgehead atoms. The lowest BCUT2D eigenvalue weighted by Gasteiger charge is -2.07. The zero-order valence-corrected chi connectivity index (χ0v) is 7.98. The van der Waals surface area contributed by atoms with Gasteiger partial charge in [0.15, 0.2) is 0 Å². The second-order valence-electron chi connectivity index (χ2n) is 3.18. The first kappa shape index (κ1) is 10.1. The average molecular weight is 180 g/mol. The molecule has 3 nitrogen and oxygen atoms in total. The van der Waals surface area contributed by atoms with E-state index in [1.165, 1.54) is 0 Å². The summed E-state index contributed by atoms with van der Waals surface area (Å²) in [7, 11) is 0. The fourth-order valence-corrected chi connectivity index (χ4v) is 1.25. The molecule has 13 heavy (non-hydrogen) atoms. The van der Waals surface area contributed by atoms with E-state index in [0.717, 1.165) is 31.4 Å². The van der Waals surface area contributed by atoms with Crippen LogP contribution in [0, 0.1) is 0 Å². The highest BCUT2D eigenvalue weighted by atomic mass is 16.3. The van der Waals surface area contributed by atoms with Crippen LogP contribution in [0.3, 0.4) is 0 Å². The third-order valence-electron chi connectivity index (χ3n) is 1.97. The van der Waals surface area contributed by atoms with Crippen molar-refractivity contribution in [1.82, 2.24) is 9.97 Å². The van der Waals surface area contributed by atoms with Crippen molar-refractivity contribution in [3.8, 4) is 0 Å². The summed E-state index contributed by atoms with van der Waals surface area (Å²) >= 11 is 0. The van der Waals surface area contributed by atoms with Gasteiger partial charge in [-0.3, -0.25) is 9.97 Å². The Labute approximate surface area is 78.9 Å². The number of hydrogen-bond acceptors (Lipinski definition) is 3. The van der Waals surface area contributed by atoms with E-state index in [1.54, 1.807) is 18.6 Å². The zero-order chi connectivity index (χ0) is 9.52. The van der Waals surface area contributed by atoms with Gasteiger partial charge in [-0.15, -0.1) is 0 Å².